The number of aromatic nitrogens is 4. The molecule has 1 N–H and O–H groups in total. The first kappa shape index (κ1) is 28.9. The molecule has 1 amide bonds. The highest BCUT2D eigenvalue weighted by molar-refractivity contribution is 5.97. The van der Waals surface area contributed by atoms with E-state index in [-0.39, 0.29) is 23.7 Å². The fourth-order valence-corrected chi connectivity index (χ4v) is 5.18. The molecule has 5 rings (SSSR count). The number of anilines is 1. The van der Waals surface area contributed by atoms with Crippen LogP contribution in [-0.2, 0) is 27.7 Å². The van der Waals surface area contributed by atoms with E-state index in [4.69, 9.17) is 9.47 Å². The average Bonchev–Trinajstić information content (AvgIpc) is 3.45. The van der Waals surface area contributed by atoms with Gasteiger partial charge in [-0.3, -0.25) is 9.59 Å². The van der Waals surface area contributed by atoms with Gasteiger partial charge in [0.05, 0.1) is 26.0 Å². The summed E-state index contributed by atoms with van der Waals surface area (Å²) in [6.45, 7) is 4.92. The molecule has 1 aliphatic heterocycles. The third kappa shape index (κ3) is 5.47. The highest BCUT2D eigenvalue weighted by Gasteiger charge is 2.29. The first-order valence-corrected chi connectivity index (χ1v) is 13.3. The maximum atomic E-state index is 15.1. The maximum absolute atomic E-state index is 15.1. The highest BCUT2D eigenvalue weighted by atomic mass is 19.1. The van der Waals surface area contributed by atoms with E-state index in [2.05, 4.69) is 15.3 Å². The number of esters is 1. The predicted octanol–water partition coefficient (Wildman–Crippen LogP) is 2.42. The van der Waals surface area contributed by atoms with E-state index < -0.39 is 35.1 Å². The molecular formula is C29H30F2N6O5. The summed E-state index contributed by atoms with van der Waals surface area (Å²) in [5.41, 5.74) is 1.42. The quantitative estimate of drug-likeness (QED) is 0.331. The lowest BCUT2D eigenvalue weighted by Gasteiger charge is -2.35. The van der Waals surface area contributed by atoms with Crippen LogP contribution in [0.4, 0.5) is 14.5 Å². The van der Waals surface area contributed by atoms with Crippen molar-refractivity contribution in [3.8, 4) is 11.3 Å². The lowest BCUT2D eigenvalue weighted by molar-refractivity contribution is -0.142. The molecule has 0 aliphatic carbocycles. The van der Waals surface area contributed by atoms with Gasteiger partial charge in [-0.2, -0.15) is 0 Å². The monoisotopic (exact) mass is 580 g/mol. The molecule has 11 nitrogen and oxygen atoms in total. The van der Waals surface area contributed by atoms with E-state index in [0.717, 1.165) is 19.2 Å². The van der Waals surface area contributed by atoms with Gasteiger partial charge < -0.3 is 28.7 Å². The van der Waals surface area contributed by atoms with Crippen molar-refractivity contribution in [3.63, 3.8) is 0 Å². The summed E-state index contributed by atoms with van der Waals surface area (Å²) >= 11 is 0. The van der Waals surface area contributed by atoms with Crippen LogP contribution in [0.5, 0.6) is 0 Å². The number of halogens is 2. The molecule has 0 spiro atoms. The maximum Gasteiger partial charge on any atom is 0.328 e. The number of nitrogens with zero attached hydrogens (tertiary/aromatic N) is 5. The minimum Gasteiger partial charge on any atom is -0.467 e. The second kappa shape index (κ2) is 11.7. The number of ether oxygens (including phenoxy) is 2. The highest BCUT2D eigenvalue weighted by Crippen LogP contribution is 2.26. The normalized spacial score (nSPS) is 16.0. The molecule has 42 heavy (non-hydrogen) atoms. The van der Waals surface area contributed by atoms with Crippen LogP contribution < -0.4 is 15.8 Å². The number of morpholine rings is 1. The summed E-state index contributed by atoms with van der Waals surface area (Å²) in [5, 5.41) is 2.42. The van der Waals surface area contributed by atoms with Crippen molar-refractivity contribution in [1.29, 1.82) is 0 Å². The van der Waals surface area contributed by atoms with Gasteiger partial charge in [0.15, 0.2) is 0 Å². The van der Waals surface area contributed by atoms with Crippen molar-refractivity contribution < 1.29 is 27.8 Å². The van der Waals surface area contributed by atoms with Crippen molar-refractivity contribution in [3.05, 3.63) is 81.8 Å². The van der Waals surface area contributed by atoms with Gasteiger partial charge in [0.1, 0.15) is 34.6 Å². The predicted molar refractivity (Wildman–Crippen MR) is 149 cm³/mol. The Morgan fingerprint density at radius 3 is 2.67 bits per heavy atom. The number of benzene rings is 1. The number of hydrogen-bond acceptors (Lipinski definition) is 8. The number of amides is 1. The number of methoxy groups -OCH3 is 1. The number of carbonyl (C=O) groups is 2. The van der Waals surface area contributed by atoms with Crippen LogP contribution in [0.25, 0.3) is 16.9 Å². The molecule has 0 bridgehead atoms. The summed E-state index contributed by atoms with van der Waals surface area (Å²) in [7, 11) is 2.78. The van der Waals surface area contributed by atoms with E-state index in [1.165, 1.54) is 10.8 Å². The third-order valence-electron chi connectivity index (χ3n) is 7.24. The molecule has 1 aromatic carbocycles. The van der Waals surface area contributed by atoms with Crippen molar-refractivity contribution >= 4 is 23.2 Å². The standard InChI is InChI=1S/C29H30F2N6O5/c1-16-14-35(3)28(39)25(33-16)20-6-5-18(37-8-7-32-26(20)37)13-23(29(40)41-4)34-27(38)24-21(30)11-19(12-22(24)31)36-9-10-42-15-17(36)2/h5-8,11-12,14,17,23H,9-10,13,15H2,1-4H3,(H,34,38)/t17-,23+/m1/s1. The van der Waals surface area contributed by atoms with Crippen LogP contribution in [0.3, 0.4) is 0 Å². The number of imidazole rings is 1. The first-order chi connectivity index (χ1) is 20.1. The number of carbonyl (C=O) groups excluding carboxylic acids is 2. The number of fused-ring (bicyclic) bond motifs is 1. The van der Waals surface area contributed by atoms with E-state index >= 15 is 8.78 Å². The Kier molecular flexibility index (Phi) is 8.03. The molecule has 0 radical (unpaired) electrons. The second-order valence-corrected chi connectivity index (χ2v) is 10.2. The van der Waals surface area contributed by atoms with Gasteiger partial charge in [-0.05, 0) is 38.1 Å². The van der Waals surface area contributed by atoms with Gasteiger partial charge in [-0.25, -0.2) is 23.5 Å². The summed E-state index contributed by atoms with van der Waals surface area (Å²) < 4.78 is 43.6. The zero-order valence-electron chi connectivity index (χ0n) is 23.6. The van der Waals surface area contributed by atoms with Crippen LogP contribution in [0, 0.1) is 18.6 Å². The van der Waals surface area contributed by atoms with E-state index in [1.807, 2.05) is 6.92 Å². The van der Waals surface area contributed by atoms with Crippen LogP contribution in [0.2, 0.25) is 0 Å². The molecule has 1 fully saturated rings. The lowest BCUT2D eigenvalue weighted by atomic mass is 10.1. The van der Waals surface area contributed by atoms with Gasteiger partial charge in [-0.1, -0.05) is 0 Å². The fraction of sp³-hybridized carbons (Fsp3) is 0.345. The van der Waals surface area contributed by atoms with Crippen molar-refractivity contribution in [2.45, 2.75) is 32.4 Å². The minimum absolute atomic E-state index is 0.0998. The number of rotatable bonds is 7. The van der Waals surface area contributed by atoms with Gasteiger partial charge in [-0.15, -0.1) is 0 Å². The lowest BCUT2D eigenvalue weighted by Crippen LogP contribution is -2.44. The van der Waals surface area contributed by atoms with Crippen LogP contribution in [0.15, 0.2) is 47.7 Å². The smallest absolute Gasteiger partial charge is 0.328 e. The van der Waals surface area contributed by atoms with E-state index in [0.29, 0.717) is 48.0 Å². The average molecular weight is 581 g/mol. The van der Waals surface area contributed by atoms with Gasteiger partial charge in [0.2, 0.25) is 0 Å². The summed E-state index contributed by atoms with van der Waals surface area (Å²) in [6.07, 6.45) is 4.68. The van der Waals surface area contributed by atoms with Gasteiger partial charge in [0, 0.05) is 61.6 Å². The molecule has 0 saturated carbocycles. The Bertz CT molecular complexity index is 1710. The van der Waals surface area contributed by atoms with E-state index in [9.17, 15) is 14.4 Å². The van der Waals surface area contributed by atoms with Gasteiger partial charge in [0.25, 0.3) is 11.5 Å². The molecule has 220 valence electrons. The third-order valence-corrected chi connectivity index (χ3v) is 7.24. The first-order valence-electron chi connectivity index (χ1n) is 13.3. The Balaban J connectivity index is 1.44. The molecule has 3 aromatic heterocycles. The SMILES string of the molecule is COC(=O)[C@H](Cc1ccc(-c2nc(C)cn(C)c2=O)c2nccn12)NC(=O)c1c(F)cc(N2CCOC[C@H]2C)cc1F. The number of hydrogen-bond donors (Lipinski definition) is 1. The molecule has 1 saturated heterocycles. The Morgan fingerprint density at radius 1 is 1.24 bits per heavy atom. The summed E-state index contributed by atoms with van der Waals surface area (Å²) in [6, 6.07) is 4.13. The molecule has 4 heterocycles. The van der Waals surface area contributed by atoms with E-state index in [1.54, 1.807) is 47.8 Å². The molecule has 13 heteroatoms. The van der Waals surface area contributed by atoms with Crippen molar-refractivity contribution in [1.82, 2.24) is 24.3 Å². The van der Waals surface area contributed by atoms with Gasteiger partial charge >= 0.3 is 5.97 Å². The molecule has 4 aromatic rings. The fourth-order valence-electron chi connectivity index (χ4n) is 5.18. The number of nitrogens with one attached hydrogen (secondary N) is 1. The largest absolute Gasteiger partial charge is 0.467 e. The van der Waals surface area contributed by atoms with Crippen molar-refractivity contribution in [2.75, 3.05) is 31.8 Å². The number of pyridine rings is 1. The Labute approximate surface area is 239 Å². The molecule has 2 atom stereocenters. The molecule has 1 aliphatic rings. The topological polar surface area (TPSA) is 120 Å². The molecule has 0 unspecified atom stereocenters. The van der Waals surface area contributed by atoms with Crippen LogP contribution >= 0.6 is 0 Å². The van der Waals surface area contributed by atoms with Crippen molar-refractivity contribution in [2.24, 2.45) is 7.05 Å². The zero-order valence-corrected chi connectivity index (χ0v) is 23.6. The summed E-state index contributed by atoms with van der Waals surface area (Å²) in [4.78, 5) is 49.2. The second-order valence-electron chi connectivity index (χ2n) is 10.2. The minimum atomic E-state index is -1.29. The Morgan fingerprint density at radius 2 is 1.98 bits per heavy atom. The molecular weight excluding hydrogens is 550 g/mol. The number of aryl methyl sites for hydroxylation is 2. The van der Waals surface area contributed by atoms with Crippen LogP contribution in [-0.4, -0.2) is 69.8 Å². The zero-order chi connectivity index (χ0) is 30.1. The summed E-state index contributed by atoms with van der Waals surface area (Å²) in [5.74, 6) is -4.03. The Hall–Kier alpha value is -4.65. The van der Waals surface area contributed by atoms with Crippen LogP contribution in [0.1, 0.15) is 28.7 Å².